The summed E-state index contributed by atoms with van der Waals surface area (Å²) in [5.74, 6) is -0.541. The molecule has 2 heterocycles. The zero-order valence-electron chi connectivity index (χ0n) is 18.2. The Morgan fingerprint density at radius 3 is 2.59 bits per heavy atom. The first-order chi connectivity index (χ1) is 16.7. The van der Waals surface area contributed by atoms with Crippen molar-refractivity contribution in [3.05, 3.63) is 121 Å². The van der Waals surface area contributed by atoms with E-state index in [2.05, 4.69) is 19.9 Å². The molecular weight excluding hydrogens is 427 g/mol. The Labute approximate surface area is 196 Å². The lowest BCUT2D eigenvalue weighted by molar-refractivity contribution is -0.111. The number of pyridine rings is 1. The van der Waals surface area contributed by atoms with Crippen LogP contribution in [0.1, 0.15) is 11.1 Å². The minimum atomic E-state index is -0.293. The van der Waals surface area contributed by atoms with Gasteiger partial charge in [-0.1, -0.05) is 36.4 Å². The zero-order chi connectivity index (χ0) is 23.3. The summed E-state index contributed by atoms with van der Waals surface area (Å²) >= 11 is 0. The smallest absolute Gasteiger partial charge is 0.248 e. The average Bonchev–Trinajstić information content (AvgIpc) is 3.27. The summed E-state index contributed by atoms with van der Waals surface area (Å²) in [5, 5.41) is 2.88. The number of benzene rings is 3. The van der Waals surface area contributed by atoms with Crippen LogP contribution in [0.5, 0.6) is 0 Å². The summed E-state index contributed by atoms with van der Waals surface area (Å²) in [5.41, 5.74) is 6.36. The van der Waals surface area contributed by atoms with Crippen LogP contribution < -0.4 is 5.32 Å². The van der Waals surface area contributed by atoms with E-state index in [1.54, 1.807) is 30.6 Å². The Morgan fingerprint density at radius 2 is 1.76 bits per heavy atom. The second kappa shape index (κ2) is 9.50. The normalized spacial score (nSPS) is 11.2. The van der Waals surface area contributed by atoms with Crippen molar-refractivity contribution in [1.82, 2.24) is 14.5 Å². The van der Waals surface area contributed by atoms with E-state index < -0.39 is 0 Å². The number of hydrogen-bond acceptors (Lipinski definition) is 3. The van der Waals surface area contributed by atoms with Crippen LogP contribution in [0.2, 0.25) is 0 Å². The number of nitrogens with zero attached hydrogens (tertiary/aromatic N) is 3. The lowest BCUT2D eigenvalue weighted by Crippen LogP contribution is -2.08. The highest BCUT2D eigenvalue weighted by Crippen LogP contribution is 2.24. The number of halogens is 1. The summed E-state index contributed by atoms with van der Waals surface area (Å²) in [6.07, 6.45) is 8.36. The average molecular weight is 449 g/mol. The molecular formula is C28H21FN4O. The molecule has 166 valence electrons. The second-order valence-electron chi connectivity index (χ2n) is 7.85. The molecule has 0 spiro atoms. The lowest BCUT2D eigenvalue weighted by atomic mass is 10.0. The molecule has 0 saturated heterocycles. The molecule has 5 aromatic rings. The predicted octanol–water partition coefficient (Wildman–Crippen LogP) is 5.94. The van der Waals surface area contributed by atoms with Gasteiger partial charge in [0.25, 0.3) is 0 Å². The van der Waals surface area contributed by atoms with Crippen molar-refractivity contribution in [2.45, 2.75) is 6.54 Å². The first-order valence-electron chi connectivity index (χ1n) is 10.8. The van der Waals surface area contributed by atoms with Gasteiger partial charge in [-0.25, -0.2) is 9.37 Å². The van der Waals surface area contributed by atoms with E-state index in [9.17, 15) is 9.18 Å². The molecule has 5 rings (SSSR count). The van der Waals surface area contributed by atoms with Gasteiger partial charge in [-0.05, 0) is 65.2 Å². The van der Waals surface area contributed by atoms with E-state index in [4.69, 9.17) is 0 Å². The Hall–Kier alpha value is -4.58. The summed E-state index contributed by atoms with van der Waals surface area (Å²) in [6, 6.07) is 23.8. The zero-order valence-corrected chi connectivity index (χ0v) is 18.2. The molecule has 0 fully saturated rings. The fourth-order valence-corrected chi connectivity index (χ4v) is 3.81. The van der Waals surface area contributed by atoms with Crippen molar-refractivity contribution >= 4 is 28.7 Å². The van der Waals surface area contributed by atoms with Crippen molar-refractivity contribution in [3.8, 4) is 11.1 Å². The lowest BCUT2D eigenvalue weighted by Gasteiger charge is -2.07. The van der Waals surface area contributed by atoms with Crippen molar-refractivity contribution in [2.24, 2.45) is 0 Å². The van der Waals surface area contributed by atoms with Crippen molar-refractivity contribution in [1.29, 1.82) is 0 Å². The SMILES string of the molecule is O=C(C=Cc1cnccc1-c1ccc(F)cc1)Nc1ccc(Cn2cnc3ccccc32)cc1. The van der Waals surface area contributed by atoms with E-state index in [-0.39, 0.29) is 11.7 Å². The van der Waals surface area contributed by atoms with Crippen molar-refractivity contribution in [2.75, 3.05) is 5.32 Å². The largest absolute Gasteiger partial charge is 0.326 e. The maximum atomic E-state index is 13.3. The molecule has 0 saturated carbocycles. The number of hydrogen-bond donors (Lipinski definition) is 1. The Kier molecular flexibility index (Phi) is 5.95. The minimum Gasteiger partial charge on any atom is -0.326 e. The molecule has 0 aliphatic carbocycles. The standard InChI is InChI=1S/C28H21FN4O/c29-23-10-7-21(8-11-23)25-15-16-30-17-22(25)9-14-28(34)32-24-12-5-20(6-13-24)18-33-19-31-26-3-1-2-4-27(26)33/h1-17,19H,18H2,(H,32,34). The van der Waals surface area contributed by atoms with Gasteiger partial charge < -0.3 is 9.88 Å². The van der Waals surface area contributed by atoms with Crippen LogP contribution in [0.25, 0.3) is 28.2 Å². The molecule has 0 radical (unpaired) electrons. The van der Waals surface area contributed by atoms with Gasteiger partial charge in [-0.3, -0.25) is 9.78 Å². The summed E-state index contributed by atoms with van der Waals surface area (Å²) in [7, 11) is 0. The van der Waals surface area contributed by atoms with Gasteiger partial charge in [0.2, 0.25) is 5.91 Å². The molecule has 2 aromatic heterocycles. The molecule has 34 heavy (non-hydrogen) atoms. The minimum absolute atomic E-state index is 0.248. The Balaban J connectivity index is 1.25. The predicted molar refractivity (Wildman–Crippen MR) is 133 cm³/mol. The topological polar surface area (TPSA) is 59.8 Å². The number of anilines is 1. The van der Waals surface area contributed by atoms with Crippen LogP contribution in [-0.4, -0.2) is 20.4 Å². The number of amides is 1. The number of carbonyl (C=O) groups is 1. The Morgan fingerprint density at radius 1 is 0.971 bits per heavy atom. The van der Waals surface area contributed by atoms with Crippen LogP contribution in [0.15, 0.2) is 104 Å². The van der Waals surface area contributed by atoms with Crippen LogP contribution in [-0.2, 0) is 11.3 Å². The van der Waals surface area contributed by atoms with E-state index in [1.807, 2.05) is 60.9 Å². The maximum absolute atomic E-state index is 13.3. The molecule has 1 N–H and O–H groups in total. The number of fused-ring (bicyclic) bond motifs is 1. The quantitative estimate of drug-likeness (QED) is 0.327. The molecule has 3 aromatic carbocycles. The van der Waals surface area contributed by atoms with Crippen LogP contribution in [0, 0.1) is 5.82 Å². The Bertz CT molecular complexity index is 1470. The number of carbonyl (C=O) groups excluding carboxylic acids is 1. The van der Waals surface area contributed by atoms with E-state index in [0.717, 1.165) is 33.3 Å². The summed E-state index contributed by atoms with van der Waals surface area (Å²) in [6.45, 7) is 0.696. The van der Waals surface area contributed by atoms with Gasteiger partial charge >= 0.3 is 0 Å². The highest BCUT2D eigenvalue weighted by molar-refractivity contribution is 6.02. The van der Waals surface area contributed by atoms with Crippen LogP contribution in [0.4, 0.5) is 10.1 Å². The van der Waals surface area contributed by atoms with Crippen LogP contribution in [0.3, 0.4) is 0 Å². The molecule has 0 bridgehead atoms. The van der Waals surface area contributed by atoms with Gasteiger partial charge in [0, 0.05) is 36.3 Å². The van der Waals surface area contributed by atoms with E-state index >= 15 is 0 Å². The van der Waals surface area contributed by atoms with Gasteiger partial charge in [0.15, 0.2) is 0 Å². The molecule has 1 amide bonds. The summed E-state index contributed by atoms with van der Waals surface area (Å²) in [4.78, 5) is 21.1. The highest BCUT2D eigenvalue weighted by atomic mass is 19.1. The third kappa shape index (κ3) is 4.76. The molecule has 0 atom stereocenters. The van der Waals surface area contributed by atoms with Crippen molar-refractivity contribution < 1.29 is 9.18 Å². The monoisotopic (exact) mass is 448 g/mol. The van der Waals surface area contributed by atoms with Gasteiger partial charge in [0.05, 0.1) is 17.4 Å². The van der Waals surface area contributed by atoms with E-state index in [1.165, 1.54) is 18.2 Å². The van der Waals surface area contributed by atoms with Gasteiger partial charge in [-0.15, -0.1) is 0 Å². The van der Waals surface area contributed by atoms with E-state index in [0.29, 0.717) is 12.2 Å². The number of rotatable bonds is 6. The number of imidazole rings is 1. The molecule has 5 nitrogen and oxygen atoms in total. The molecule has 0 unspecified atom stereocenters. The fraction of sp³-hybridized carbons (Fsp3) is 0.0357. The summed E-state index contributed by atoms with van der Waals surface area (Å²) < 4.78 is 15.4. The first kappa shape index (κ1) is 21.3. The third-order valence-electron chi connectivity index (χ3n) is 5.52. The van der Waals surface area contributed by atoms with Gasteiger partial charge in [-0.2, -0.15) is 0 Å². The number of aromatic nitrogens is 3. The third-order valence-corrected chi connectivity index (χ3v) is 5.52. The second-order valence-corrected chi connectivity index (χ2v) is 7.85. The molecule has 0 aliphatic heterocycles. The number of para-hydroxylation sites is 2. The van der Waals surface area contributed by atoms with Crippen LogP contribution >= 0.6 is 0 Å². The first-order valence-corrected chi connectivity index (χ1v) is 10.8. The molecule has 6 heteroatoms. The molecule has 0 aliphatic rings. The van der Waals surface area contributed by atoms with Crippen molar-refractivity contribution in [3.63, 3.8) is 0 Å². The maximum Gasteiger partial charge on any atom is 0.248 e. The fourth-order valence-electron chi connectivity index (χ4n) is 3.81. The highest BCUT2D eigenvalue weighted by Gasteiger charge is 2.06. The van der Waals surface area contributed by atoms with Gasteiger partial charge in [0.1, 0.15) is 5.82 Å². The number of nitrogens with one attached hydrogen (secondary N) is 1.